The summed E-state index contributed by atoms with van der Waals surface area (Å²) in [6.45, 7) is 3.24. The van der Waals surface area contributed by atoms with E-state index < -0.39 is 0 Å². The quantitative estimate of drug-likeness (QED) is 0.888. The maximum atomic E-state index is 5.24. The van der Waals surface area contributed by atoms with E-state index in [0.29, 0.717) is 11.3 Å². The summed E-state index contributed by atoms with van der Waals surface area (Å²) >= 11 is 1.87. The first-order chi connectivity index (χ1) is 9.78. The maximum absolute atomic E-state index is 5.24. The van der Waals surface area contributed by atoms with Gasteiger partial charge in [0.2, 0.25) is 0 Å². The number of nitrogens with zero attached hydrogens (tertiary/aromatic N) is 1. The molecule has 2 aromatic rings. The van der Waals surface area contributed by atoms with E-state index in [4.69, 9.17) is 4.74 Å². The summed E-state index contributed by atoms with van der Waals surface area (Å²) in [5.74, 6) is 0.866. The molecule has 1 aromatic heterocycles. The number of H-pyrrole nitrogens is 1. The Labute approximate surface area is 123 Å². The molecule has 2 atom stereocenters. The van der Waals surface area contributed by atoms with Crippen molar-refractivity contribution in [2.45, 2.75) is 42.6 Å². The predicted molar refractivity (Wildman–Crippen MR) is 83.6 cm³/mol. The van der Waals surface area contributed by atoms with Crippen molar-refractivity contribution in [3.63, 3.8) is 0 Å². The molecule has 1 saturated carbocycles. The van der Waals surface area contributed by atoms with Gasteiger partial charge in [-0.05, 0) is 37.9 Å². The van der Waals surface area contributed by atoms with Crippen molar-refractivity contribution in [1.29, 1.82) is 0 Å². The first kappa shape index (κ1) is 13.8. The largest absolute Gasteiger partial charge is 0.497 e. The molecule has 0 aliphatic heterocycles. The topological polar surface area (TPSA) is 49.9 Å². The lowest BCUT2D eigenvalue weighted by molar-refractivity contribution is 0.415. The summed E-state index contributed by atoms with van der Waals surface area (Å²) in [5, 5.41) is 5.23. The molecule has 20 heavy (non-hydrogen) atoms. The number of methoxy groups -OCH3 is 1. The normalized spacial score (nSPS) is 22.5. The van der Waals surface area contributed by atoms with Gasteiger partial charge in [-0.25, -0.2) is 4.98 Å². The third kappa shape index (κ3) is 2.94. The molecule has 3 rings (SSSR count). The lowest BCUT2D eigenvalue weighted by Gasteiger charge is -2.10. The number of hydrogen-bond donors (Lipinski definition) is 2. The number of fused-ring (bicyclic) bond motifs is 1. The van der Waals surface area contributed by atoms with Crippen LogP contribution in [-0.4, -0.2) is 34.9 Å². The van der Waals surface area contributed by atoms with Crippen LogP contribution in [0.3, 0.4) is 0 Å². The van der Waals surface area contributed by atoms with Crippen LogP contribution in [0.25, 0.3) is 11.0 Å². The monoisotopic (exact) mass is 291 g/mol. The Morgan fingerprint density at radius 2 is 2.35 bits per heavy atom. The summed E-state index contributed by atoms with van der Waals surface area (Å²) in [4.78, 5) is 8.05. The van der Waals surface area contributed by atoms with Crippen LogP contribution in [0, 0.1) is 0 Å². The molecule has 0 bridgehead atoms. The minimum absolute atomic E-state index is 0.668. The predicted octanol–water partition coefficient (Wildman–Crippen LogP) is 3.19. The summed E-state index contributed by atoms with van der Waals surface area (Å²) in [6.07, 6.45) is 3.78. The molecule has 0 amide bonds. The second-order valence-corrected chi connectivity index (χ2v) is 6.52. The smallest absolute Gasteiger partial charge is 0.166 e. The zero-order valence-electron chi connectivity index (χ0n) is 12.0. The molecule has 1 aliphatic carbocycles. The van der Waals surface area contributed by atoms with Crippen molar-refractivity contribution < 1.29 is 4.74 Å². The van der Waals surface area contributed by atoms with Gasteiger partial charge in [0, 0.05) is 17.4 Å². The van der Waals surface area contributed by atoms with Crippen molar-refractivity contribution in [2.75, 3.05) is 13.7 Å². The molecule has 108 valence electrons. The molecule has 1 aliphatic rings. The molecule has 4 nitrogen and oxygen atoms in total. The summed E-state index contributed by atoms with van der Waals surface area (Å²) in [6, 6.07) is 6.64. The highest BCUT2D eigenvalue weighted by atomic mass is 32.2. The average Bonchev–Trinajstić information content (AvgIpc) is 3.05. The van der Waals surface area contributed by atoms with Crippen LogP contribution in [0.5, 0.6) is 5.75 Å². The van der Waals surface area contributed by atoms with Gasteiger partial charge in [0.05, 0.1) is 18.1 Å². The second kappa shape index (κ2) is 6.06. The molecule has 0 spiro atoms. The van der Waals surface area contributed by atoms with Gasteiger partial charge >= 0.3 is 0 Å². The molecular weight excluding hydrogens is 270 g/mol. The molecule has 2 unspecified atom stereocenters. The lowest BCUT2D eigenvalue weighted by atomic mass is 10.2. The number of ether oxygens (including phenoxy) is 1. The van der Waals surface area contributed by atoms with Crippen LogP contribution in [0.2, 0.25) is 0 Å². The number of rotatable bonds is 5. The molecule has 1 aromatic carbocycles. The minimum Gasteiger partial charge on any atom is -0.497 e. The molecular formula is C15H21N3OS. The van der Waals surface area contributed by atoms with Gasteiger partial charge in [0.15, 0.2) is 5.16 Å². The Kier molecular flexibility index (Phi) is 4.17. The van der Waals surface area contributed by atoms with Crippen LogP contribution in [0.1, 0.15) is 26.2 Å². The molecule has 1 heterocycles. The first-order valence-electron chi connectivity index (χ1n) is 7.22. The van der Waals surface area contributed by atoms with Gasteiger partial charge in [0.25, 0.3) is 0 Å². The van der Waals surface area contributed by atoms with E-state index in [1.54, 1.807) is 7.11 Å². The third-order valence-electron chi connectivity index (χ3n) is 3.82. The van der Waals surface area contributed by atoms with Gasteiger partial charge in [0.1, 0.15) is 5.75 Å². The Bertz CT molecular complexity index is 584. The zero-order valence-corrected chi connectivity index (χ0v) is 12.8. The van der Waals surface area contributed by atoms with Crippen molar-refractivity contribution in [3.8, 4) is 5.75 Å². The summed E-state index contributed by atoms with van der Waals surface area (Å²) < 4.78 is 5.24. The number of nitrogens with one attached hydrogen (secondary N) is 2. The van der Waals surface area contributed by atoms with Crippen LogP contribution in [0.15, 0.2) is 23.4 Å². The van der Waals surface area contributed by atoms with E-state index in [1.807, 2.05) is 30.0 Å². The number of thioether (sulfide) groups is 1. The van der Waals surface area contributed by atoms with Gasteiger partial charge in [-0.15, -0.1) is 0 Å². The molecule has 5 heteroatoms. The Hall–Kier alpha value is -1.20. The van der Waals surface area contributed by atoms with Crippen LogP contribution < -0.4 is 10.1 Å². The first-order valence-corrected chi connectivity index (χ1v) is 8.10. The molecule has 1 fully saturated rings. The van der Waals surface area contributed by atoms with E-state index in [2.05, 4.69) is 22.2 Å². The number of benzene rings is 1. The summed E-state index contributed by atoms with van der Waals surface area (Å²) in [5.41, 5.74) is 2.06. The summed E-state index contributed by atoms with van der Waals surface area (Å²) in [7, 11) is 1.69. The van der Waals surface area contributed by atoms with Gasteiger partial charge in [-0.2, -0.15) is 0 Å². The fourth-order valence-corrected chi connectivity index (χ4v) is 4.05. The number of imidazole rings is 1. The zero-order chi connectivity index (χ0) is 13.9. The average molecular weight is 291 g/mol. The fourth-order valence-electron chi connectivity index (χ4n) is 2.83. The van der Waals surface area contributed by atoms with Crippen LogP contribution in [-0.2, 0) is 0 Å². The van der Waals surface area contributed by atoms with E-state index in [-0.39, 0.29) is 0 Å². The van der Waals surface area contributed by atoms with E-state index in [1.165, 1.54) is 19.3 Å². The SMILES string of the molecule is CCNC1CCC(Sc2nc3ccc(OC)cc3[nH]2)C1. The van der Waals surface area contributed by atoms with E-state index in [9.17, 15) is 0 Å². The fraction of sp³-hybridized carbons (Fsp3) is 0.533. The van der Waals surface area contributed by atoms with E-state index in [0.717, 1.165) is 28.5 Å². The van der Waals surface area contributed by atoms with Crippen molar-refractivity contribution >= 4 is 22.8 Å². The minimum atomic E-state index is 0.668. The Morgan fingerprint density at radius 3 is 3.15 bits per heavy atom. The molecule has 0 saturated heterocycles. The highest BCUT2D eigenvalue weighted by Gasteiger charge is 2.25. The van der Waals surface area contributed by atoms with Crippen molar-refractivity contribution in [2.24, 2.45) is 0 Å². The Morgan fingerprint density at radius 1 is 1.45 bits per heavy atom. The second-order valence-electron chi connectivity index (χ2n) is 5.23. The molecule has 0 radical (unpaired) electrons. The van der Waals surface area contributed by atoms with Crippen molar-refractivity contribution in [1.82, 2.24) is 15.3 Å². The number of aromatic amines is 1. The third-order valence-corrected chi connectivity index (χ3v) is 5.00. The number of hydrogen-bond acceptors (Lipinski definition) is 4. The highest BCUT2D eigenvalue weighted by Crippen LogP contribution is 2.34. The van der Waals surface area contributed by atoms with Gasteiger partial charge in [-0.3, -0.25) is 0 Å². The van der Waals surface area contributed by atoms with Crippen molar-refractivity contribution in [3.05, 3.63) is 18.2 Å². The maximum Gasteiger partial charge on any atom is 0.166 e. The van der Waals surface area contributed by atoms with Crippen LogP contribution >= 0.6 is 11.8 Å². The molecule has 2 N–H and O–H groups in total. The van der Waals surface area contributed by atoms with Crippen LogP contribution in [0.4, 0.5) is 0 Å². The van der Waals surface area contributed by atoms with Gasteiger partial charge < -0.3 is 15.0 Å². The van der Waals surface area contributed by atoms with E-state index >= 15 is 0 Å². The Balaban J connectivity index is 1.69. The lowest BCUT2D eigenvalue weighted by Crippen LogP contribution is -2.26. The number of aromatic nitrogens is 2. The van der Waals surface area contributed by atoms with Gasteiger partial charge in [-0.1, -0.05) is 18.7 Å². The standard InChI is InChI=1S/C15H21N3OS/c1-3-16-10-4-6-12(8-10)20-15-17-13-7-5-11(19-2)9-14(13)18-15/h5,7,9-10,12,16H,3-4,6,8H2,1-2H3,(H,17,18). The highest BCUT2D eigenvalue weighted by molar-refractivity contribution is 7.99.